The number of benzene rings is 2. The second kappa shape index (κ2) is 8.26. The normalized spacial score (nSPS) is 14.0. The molecule has 0 bridgehead atoms. The molecular weight excluding hydrogens is 371 g/mol. The minimum Gasteiger partial charge on any atom is -0.436 e. The Bertz CT molecular complexity index is 1000. The number of aromatic nitrogens is 2. The molecular formula is C22H21FN4O2. The third-order valence-corrected chi connectivity index (χ3v) is 4.84. The van der Waals surface area contributed by atoms with Crippen LogP contribution in [-0.2, 0) is 0 Å². The molecule has 1 amide bonds. The van der Waals surface area contributed by atoms with Gasteiger partial charge in [-0.2, -0.15) is 0 Å². The quantitative estimate of drug-likeness (QED) is 0.678. The Morgan fingerprint density at radius 1 is 1.00 bits per heavy atom. The fourth-order valence-corrected chi connectivity index (χ4v) is 3.26. The minimum absolute atomic E-state index is 0.0342. The number of nitrogens with zero attached hydrogens (tertiary/aromatic N) is 4. The maximum absolute atomic E-state index is 14.0. The van der Waals surface area contributed by atoms with Crippen molar-refractivity contribution >= 4 is 11.7 Å². The smallest absolute Gasteiger partial charge is 0.253 e. The van der Waals surface area contributed by atoms with Gasteiger partial charge in [0.2, 0.25) is 5.88 Å². The lowest BCUT2D eigenvalue weighted by Gasteiger charge is -2.35. The zero-order valence-electron chi connectivity index (χ0n) is 16.1. The van der Waals surface area contributed by atoms with Crippen LogP contribution in [0.5, 0.6) is 11.6 Å². The lowest BCUT2D eigenvalue weighted by Crippen LogP contribution is -2.49. The summed E-state index contributed by atoms with van der Waals surface area (Å²) >= 11 is 0. The number of halogens is 1. The summed E-state index contributed by atoms with van der Waals surface area (Å²) < 4.78 is 19.6. The molecule has 1 aliphatic heterocycles. The number of carbonyl (C=O) groups excluding carboxylic acids is 1. The van der Waals surface area contributed by atoms with E-state index in [0.29, 0.717) is 37.6 Å². The summed E-state index contributed by atoms with van der Waals surface area (Å²) in [6, 6.07) is 15.7. The summed E-state index contributed by atoms with van der Waals surface area (Å²) in [4.78, 5) is 24.9. The number of hydrogen-bond donors (Lipinski definition) is 0. The van der Waals surface area contributed by atoms with Crippen LogP contribution in [-0.4, -0.2) is 47.0 Å². The molecule has 0 spiro atoms. The van der Waals surface area contributed by atoms with E-state index < -0.39 is 5.82 Å². The molecule has 29 heavy (non-hydrogen) atoms. The Balaban J connectivity index is 1.42. The summed E-state index contributed by atoms with van der Waals surface area (Å²) in [5, 5.41) is 0. The van der Waals surface area contributed by atoms with E-state index in [9.17, 15) is 9.18 Å². The Kier molecular flexibility index (Phi) is 5.37. The van der Waals surface area contributed by atoms with Gasteiger partial charge in [-0.25, -0.2) is 14.4 Å². The number of rotatable bonds is 4. The van der Waals surface area contributed by atoms with Crippen molar-refractivity contribution in [3.63, 3.8) is 0 Å². The van der Waals surface area contributed by atoms with Crippen molar-refractivity contribution in [1.82, 2.24) is 14.9 Å². The molecule has 0 unspecified atom stereocenters. The number of aryl methyl sites for hydroxylation is 1. The second-order valence-electron chi connectivity index (χ2n) is 6.90. The predicted octanol–water partition coefficient (Wildman–Crippen LogP) is 3.68. The Labute approximate surface area is 168 Å². The fraction of sp³-hybridized carbons (Fsp3) is 0.227. The van der Waals surface area contributed by atoms with Crippen molar-refractivity contribution in [2.24, 2.45) is 0 Å². The first-order valence-electron chi connectivity index (χ1n) is 9.45. The van der Waals surface area contributed by atoms with E-state index in [0.717, 1.165) is 5.56 Å². The third kappa shape index (κ3) is 4.34. The minimum atomic E-state index is -0.441. The van der Waals surface area contributed by atoms with Crippen LogP contribution in [0.1, 0.15) is 15.9 Å². The highest BCUT2D eigenvalue weighted by Crippen LogP contribution is 2.26. The van der Waals surface area contributed by atoms with Crippen LogP contribution in [0.25, 0.3) is 0 Å². The fourth-order valence-electron chi connectivity index (χ4n) is 3.26. The average Bonchev–Trinajstić information content (AvgIpc) is 2.77. The van der Waals surface area contributed by atoms with Crippen molar-refractivity contribution in [3.8, 4) is 11.6 Å². The average molecular weight is 392 g/mol. The molecule has 2 aromatic carbocycles. The van der Waals surface area contributed by atoms with E-state index in [2.05, 4.69) is 14.9 Å². The van der Waals surface area contributed by atoms with Gasteiger partial charge in [-0.3, -0.25) is 4.79 Å². The van der Waals surface area contributed by atoms with Crippen LogP contribution in [0.3, 0.4) is 0 Å². The van der Waals surface area contributed by atoms with E-state index >= 15 is 0 Å². The number of carbonyl (C=O) groups is 1. The highest BCUT2D eigenvalue weighted by molar-refractivity contribution is 5.94. The molecule has 0 radical (unpaired) electrons. The van der Waals surface area contributed by atoms with Crippen LogP contribution in [0.4, 0.5) is 10.2 Å². The molecule has 1 aromatic heterocycles. The lowest BCUT2D eigenvalue weighted by molar-refractivity contribution is 0.0746. The molecule has 1 fully saturated rings. The van der Waals surface area contributed by atoms with Crippen molar-refractivity contribution in [2.45, 2.75) is 6.92 Å². The molecule has 0 aliphatic carbocycles. The molecule has 4 rings (SSSR count). The lowest BCUT2D eigenvalue weighted by atomic mass is 10.2. The van der Waals surface area contributed by atoms with Crippen molar-refractivity contribution in [1.29, 1.82) is 0 Å². The molecule has 1 saturated heterocycles. The van der Waals surface area contributed by atoms with E-state index in [1.54, 1.807) is 18.2 Å². The highest BCUT2D eigenvalue weighted by atomic mass is 19.1. The second-order valence-corrected chi connectivity index (χ2v) is 6.90. The Morgan fingerprint density at radius 3 is 2.52 bits per heavy atom. The van der Waals surface area contributed by atoms with Crippen molar-refractivity contribution in [2.75, 3.05) is 31.1 Å². The predicted molar refractivity (Wildman–Crippen MR) is 108 cm³/mol. The standard InChI is InChI=1S/C22H21FN4O2/c1-16-7-8-18(23)19(13-16)29-21-14-20(24-15-25-21)26-9-11-27(12-10-26)22(28)17-5-3-2-4-6-17/h2-8,13-15H,9-12H2,1H3. The molecule has 2 heterocycles. The van der Waals surface area contributed by atoms with Gasteiger partial charge in [0, 0.05) is 37.8 Å². The van der Waals surface area contributed by atoms with E-state index in [1.165, 1.54) is 12.4 Å². The SMILES string of the molecule is Cc1ccc(F)c(Oc2cc(N3CCN(C(=O)c4ccccc4)CC3)ncn2)c1. The molecule has 0 atom stereocenters. The van der Waals surface area contributed by atoms with Gasteiger partial charge in [0.25, 0.3) is 5.91 Å². The maximum atomic E-state index is 14.0. The summed E-state index contributed by atoms with van der Waals surface area (Å²) in [5.74, 6) is 0.695. The van der Waals surface area contributed by atoms with Gasteiger partial charge < -0.3 is 14.5 Å². The van der Waals surface area contributed by atoms with Crippen molar-refractivity contribution < 1.29 is 13.9 Å². The maximum Gasteiger partial charge on any atom is 0.253 e. The molecule has 6 nitrogen and oxygen atoms in total. The summed E-state index contributed by atoms with van der Waals surface area (Å²) in [5.41, 5.74) is 1.59. The summed E-state index contributed by atoms with van der Waals surface area (Å²) in [6.45, 7) is 4.36. The van der Waals surface area contributed by atoms with Crippen molar-refractivity contribution in [3.05, 3.63) is 77.9 Å². The van der Waals surface area contributed by atoms with Crippen LogP contribution < -0.4 is 9.64 Å². The first-order valence-corrected chi connectivity index (χ1v) is 9.45. The van der Waals surface area contributed by atoms with E-state index in [1.807, 2.05) is 42.2 Å². The largest absolute Gasteiger partial charge is 0.436 e. The van der Waals surface area contributed by atoms with Crippen LogP contribution in [0, 0.1) is 12.7 Å². The van der Waals surface area contributed by atoms with Gasteiger partial charge >= 0.3 is 0 Å². The van der Waals surface area contributed by atoms with Gasteiger partial charge in [-0.1, -0.05) is 24.3 Å². The summed E-state index contributed by atoms with van der Waals surface area (Å²) in [6.07, 6.45) is 1.40. The molecule has 1 aliphatic rings. The van der Waals surface area contributed by atoms with Gasteiger partial charge in [-0.05, 0) is 36.8 Å². The Hall–Kier alpha value is -3.48. The van der Waals surface area contributed by atoms with E-state index in [-0.39, 0.29) is 17.5 Å². The molecule has 0 N–H and O–H groups in total. The third-order valence-electron chi connectivity index (χ3n) is 4.84. The number of amides is 1. The molecule has 0 saturated carbocycles. The first kappa shape index (κ1) is 18.9. The van der Waals surface area contributed by atoms with Gasteiger partial charge in [0.15, 0.2) is 11.6 Å². The number of anilines is 1. The number of hydrogen-bond acceptors (Lipinski definition) is 5. The molecule has 7 heteroatoms. The number of ether oxygens (including phenoxy) is 1. The molecule has 3 aromatic rings. The molecule has 148 valence electrons. The zero-order valence-corrected chi connectivity index (χ0v) is 16.1. The van der Waals surface area contributed by atoms with Crippen LogP contribution in [0.2, 0.25) is 0 Å². The van der Waals surface area contributed by atoms with Crippen LogP contribution >= 0.6 is 0 Å². The first-order chi connectivity index (χ1) is 14.1. The van der Waals surface area contributed by atoms with Gasteiger partial charge in [0.05, 0.1) is 0 Å². The summed E-state index contributed by atoms with van der Waals surface area (Å²) in [7, 11) is 0. The topological polar surface area (TPSA) is 58.6 Å². The highest BCUT2D eigenvalue weighted by Gasteiger charge is 2.23. The monoisotopic (exact) mass is 392 g/mol. The number of piperazine rings is 1. The van der Waals surface area contributed by atoms with E-state index in [4.69, 9.17) is 4.74 Å². The van der Waals surface area contributed by atoms with Gasteiger partial charge in [-0.15, -0.1) is 0 Å². The zero-order chi connectivity index (χ0) is 20.2. The Morgan fingerprint density at radius 2 is 1.76 bits per heavy atom. The van der Waals surface area contributed by atoms with Crippen LogP contribution in [0.15, 0.2) is 60.9 Å². The van der Waals surface area contributed by atoms with Gasteiger partial charge in [0.1, 0.15) is 12.1 Å².